The fourth-order valence-corrected chi connectivity index (χ4v) is 1.17. The van der Waals surface area contributed by atoms with Crippen LogP contribution < -0.4 is 4.74 Å². The molecule has 1 aromatic carbocycles. The van der Waals surface area contributed by atoms with E-state index in [2.05, 4.69) is 20.7 Å². The summed E-state index contributed by atoms with van der Waals surface area (Å²) in [7, 11) is 0. The molecule has 0 saturated heterocycles. The van der Waals surface area contributed by atoms with Gasteiger partial charge in [0.05, 0.1) is 4.47 Å². The lowest BCUT2D eigenvalue weighted by molar-refractivity contribution is -0.266. The van der Waals surface area contributed by atoms with Gasteiger partial charge in [0.2, 0.25) is 0 Å². The Labute approximate surface area is 99.7 Å². The molecule has 0 radical (unpaired) electrons. The van der Waals surface area contributed by atoms with Gasteiger partial charge in [-0.3, -0.25) is 0 Å². The van der Waals surface area contributed by atoms with Crippen molar-refractivity contribution in [1.82, 2.24) is 0 Å². The van der Waals surface area contributed by atoms with Crippen molar-refractivity contribution >= 4 is 31.9 Å². The van der Waals surface area contributed by atoms with E-state index in [0.717, 1.165) is 6.07 Å². The van der Waals surface area contributed by atoms with E-state index in [-0.39, 0.29) is 10.2 Å². The zero-order chi connectivity index (χ0) is 11.7. The molecule has 15 heavy (non-hydrogen) atoms. The van der Waals surface area contributed by atoms with E-state index < -0.39 is 10.9 Å². The van der Waals surface area contributed by atoms with Crippen LogP contribution in [0.15, 0.2) is 28.7 Å². The minimum atomic E-state index is -4.61. The van der Waals surface area contributed by atoms with Crippen LogP contribution in [0.4, 0.5) is 17.6 Å². The molecule has 1 aromatic rings. The molecule has 0 spiro atoms. The van der Waals surface area contributed by atoms with Crippen LogP contribution in [-0.2, 0) is 0 Å². The van der Waals surface area contributed by atoms with Crippen molar-refractivity contribution in [2.24, 2.45) is 0 Å². The number of para-hydroxylation sites is 1. The third kappa shape index (κ3) is 3.07. The summed E-state index contributed by atoms with van der Waals surface area (Å²) in [5.74, 6) is -0.360. The number of halogens is 6. The van der Waals surface area contributed by atoms with E-state index in [0.29, 0.717) is 0 Å². The van der Waals surface area contributed by atoms with Crippen molar-refractivity contribution in [3.8, 4) is 5.75 Å². The van der Waals surface area contributed by atoms with E-state index in [1.165, 1.54) is 12.1 Å². The molecular formula is C8H4Br2F4O. The van der Waals surface area contributed by atoms with Gasteiger partial charge in [0.1, 0.15) is 5.75 Å². The second-order valence-corrected chi connectivity index (χ2v) is 4.40. The van der Waals surface area contributed by atoms with Gasteiger partial charge in [0.15, 0.2) is 0 Å². The van der Waals surface area contributed by atoms with Crippen molar-refractivity contribution in [1.29, 1.82) is 0 Å². The quantitative estimate of drug-likeness (QED) is 0.579. The highest BCUT2D eigenvalue weighted by Gasteiger charge is 2.57. The van der Waals surface area contributed by atoms with Crippen molar-refractivity contribution in [2.75, 3.05) is 0 Å². The largest absolute Gasteiger partial charge is 0.475 e. The van der Waals surface area contributed by atoms with Gasteiger partial charge in [-0.15, -0.1) is 0 Å². The van der Waals surface area contributed by atoms with Crippen LogP contribution in [0.1, 0.15) is 0 Å². The normalized spacial score (nSPS) is 12.7. The van der Waals surface area contributed by atoms with E-state index in [1.54, 1.807) is 22.0 Å². The second kappa shape index (κ2) is 4.29. The molecule has 0 heterocycles. The third-order valence-corrected chi connectivity index (χ3v) is 2.52. The average molecular weight is 352 g/mol. The maximum Gasteiger partial charge on any atom is 0.475 e. The summed E-state index contributed by atoms with van der Waals surface area (Å²) in [6, 6.07) is 5.48. The number of rotatable bonds is 3. The van der Waals surface area contributed by atoms with E-state index in [4.69, 9.17) is 0 Å². The summed E-state index contributed by atoms with van der Waals surface area (Å²) in [5, 5.41) is 0. The van der Waals surface area contributed by atoms with Crippen molar-refractivity contribution < 1.29 is 22.3 Å². The predicted molar refractivity (Wildman–Crippen MR) is 53.6 cm³/mol. The number of hydrogen-bond donors (Lipinski definition) is 0. The van der Waals surface area contributed by atoms with Crippen LogP contribution in [0.2, 0.25) is 0 Å². The van der Waals surface area contributed by atoms with Crippen LogP contribution in [0.5, 0.6) is 5.75 Å². The maximum atomic E-state index is 12.8. The average Bonchev–Trinajstić information content (AvgIpc) is 2.06. The third-order valence-electron chi connectivity index (χ3n) is 1.40. The molecular weight excluding hydrogens is 348 g/mol. The Kier molecular flexibility index (Phi) is 3.65. The molecule has 0 aliphatic carbocycles. The molecule has 0 aliphatic heterocycles. The molecule has 0 amide bonds. The molecule has 0 atom stereocenters. The fraction of sp³-hybridized carbons (Fsp3) is 0.250. The lowest BCUT2D eigenvalue weighted by Crippen LogP contribution is -2.40. The first-order valence-electron chi connectivity index (χ1n) is 3.62. The molecule has 0 aromatic heterocycles. The van der Waals surface area contributed by atoms with E-state index in [9.17, 15) is 17.6 Å². The van der Waals surface area contributed by atoms with Gasteiger partial charge in [-0.1, -0.05) is 12.1 Å². The van der Waals surface area contributed by atoms with Gasteiger partial charge in [-0.05, 0) is 28.1 Å². The van der Waals surface area contributed by atoms with Crippen molar-refractivity contribution in [3.63, 3.8) is 0 Å². The van der Waals surface area contributed by atoms with Crippen LogP contribution in [-0.4, -0.2) is 10.9 Å². The fourth-order valence-electron chi connectivity index (χ4n) is 0.723. The Morgan fingerprint density at radius 2 is 1.60 bits per heavy atom. The van der Waals surface area contributed by atoms with Gasteiger partial charge in [-0.25, -0.2) is 0 Å². The lowest BCUT2D eigenvalue weighted by atomic mass is 10.3. The van der Waals surface area contributed by atoms with Gasteiger partial charge in [0.25, 0.3) is 0 Å². The van der Waals surface area contributed by atoms with Gasteiger partial charge >= 0.3 is 10.9 Å². The zero-order valence-corrected chi connectivity index (χ0v) is 10.2. The van der Waals surface area contributed by atoms with Crippen molar-refractivity contribution in [3.05, 3.63) is 28.7 Å². The summed E-state index contributed by atoms with van der Waals surface area (Å²) in [6.07, 6.45) is -4.61. The first kappa shape index (κ1) is 12.8. The predicted octanol–water partition coefficient (Wildman–Crippen LogP) is 4.41. The van der Waals surface area contributed by atoms with Crippen LogP contribution in [0.25, 0.3) is 0 Å². The molecule has 84 valence electrons. The highest BCUT2D eigenvalue weighted by Crippen LogP contribution is 2.42. The van der Waals surface area contributed by atoms with Gasteiger partial charge in [0, 0.05) is 15.9 Å². The Balaban J connectivity index is 2.92. The highest BCUT2D eigenvalue weighted by atomic mass is 79.9. The maximum absolute atomic E-state index is 12.8. The molecule has 1 nitrogen and oxygen atoms in total. The highest BCUT2D eigenvalue weighted by molar-refractivity contribution is 9.10. The molecule has 0 bridgehead atoms. The summed E-state index contributed by atoms with van der Waals surface area (Å²) in [6.45, 7) is 0. The topological polar surface area (TPSA) is 9.23 Å². The Morgan fingerprint density at radius 1 is 1.07 bits per heavy atom. The molecule has 7 heteroatoms. The zero-order valence-electron chi connectivity index (χ0n) is 6.99. The Morgan fingerprint density at radius 3 is 2.07 bits per heavy atom. The Hall–Kier alpha value is -0.300. The first-order valence-corrected chi connectivity index (χ1v) is 5.21. The second-order valence-electron chi connectivity index (χ2n) is 2.55. The van der Waals surface area contributed by atoms with Crippen LogP contribution in [0.3, 0.4) is 0 Å². The molecule has 0 saturated carbocycles. The van der Waals surface area contributed by atoms with E-state index >= 15 is 0 Å². The Bertz CT molecular complexity index is 351. The number of ether oxygens (including phenoxy) is 1. The van der Waals surface area contributed by atoms with Crippen LogP contribution in [0, 0.1) is 0 Å². The molecule has 1 rings (SSSR count). The SMILES string of the molecule is FC(F)(Br)C(F)(F)Oc1ccccc1Br. The minimum absolute atomic E-state index is 0.168. The number of benzene rings is 1. The standard InChI is InChI=1S/C8H4Br2F4O/c9-5-3-1-2-4-6(5)15-8(13,14)7(10,11)12/h1-4H. The number of hydrogen-bond acceptors (Lipinski definition) is 1. The minimum Gasteiger partial charge on any atom is -0.426 e. The smallest absolute Gasteiger partial charge is 0.426 e. The molecule has 0 N–H and O–H groups in total. The number of alkyl halides is 5. The van der Waals surface area contributed by atoms with Gasteiger partial charge < -0.3 is 4.74 Å². The molecule has 0 aliphatic rings. The van der Waals surface area contributed by atoms with Crippen molar-refractivity contribution in [2.45, 2.75) is 10.9 Å². The lowest BCUT2D eigenvalue weighted by Gasteiger charge is -2.22. The summed E-state index contributed by atoms with van der Waals surface area (Å²) in [5.41, 5.74) is 0. The first-order chi connectivity index (χ1) is 6.74. The monoisotopic (exact) mass is 350 g/mol. The molecule has 0 unspecified atom stereocenters. The summed E-state index contributed by atoms with van der Waals surface area (Å²) >= 11 is 4.46. The van der Waals surface area contributed by atoms with Gasteiger partial charge in [-0.2, -0.15) is 17.6 Å². The van der Waals surface area contributed by atoms with Crippen LogP contribution >= 0.6 is 31.9 Å². The summed E-state index contributed by atoms with van der Waals surface area (Å²) < 4.78 is 54.3. The summed E-state index contributed by atoms with van der Waals surface area (Å²) in [4.78, 5) is -4.42. The molecule has 0 fully saturated rings. The van der Waals surface area contributed by atoms with E-state index in [1.807, 2.05) is 0 Å².